The topological polar surface area (TPSA) is 106 Å². The fourth-order valence-corrected chi connectivity index (χ4v) is 5.47. The van der Waals surface area contributed by atoms with E-state index in [2.05, 4.69) is 44.1 Å². The second-order valence-electron chi connectivity index (χ2n) is 9.36. The van der Waals surface area contributed by atoms with E-state index in [4.69, 9.17) is 9.72 Å². The molecule has 182 valence electrons. The van der Waals surface area contributed by atoms with Gasteiger partial charge in [-0.3, -0.25) is 0 Å². The fourth-order valence-electron chi connectivity index (χ4n) is 4.03. The van der Waals surface area contributed by atoms with Crippen molar-refractivity contribution >= 4 is 55.6 Å². The van der Waals surface area contributed by atoms with Crippen LogP contribution in [0.15, 0.2) is 35.5 Å². The summed E-state index contributed by atoms with van der Waals surface area (Å²) in [4.78, 5) is 24.3. The Labute approximate surface area is 213 Å². The molecule has 0 aliphatic carbocycles. The third kappa shape index (κ3) is 4.91. The van der Waals surface area contributed by atoms with Crippen LogP contribution in [0, 0.1) is 3.57 Å². The first-order chi connectivity index (χ1) is 15.9. The molecule has 4 rings (SSSR count). The van der Waals surface area contributed by atoms with E-state index < -0.39 is 21.7 Å². The third-order valence-corrected chi connectivity index (χ3v) is 7.87. The number of anilines is 1. The molecule has 11 heteroatoms. The number of nitrogens with zero attached hydrogens (tertiary/aromatic N) is 4. The van der Waals surface area contributed by atoms with Crippen molar-refractivity contribution in [3.8, 4) is 11.3 Å². The lowest BCUT2D eigenvalue weighted by Gasteiger charge is -2.25. The maximum atomic E-state index is 12.7. The summed E-state index contributed by atoms with van der Waals surface area (Å²) in [6, 6.07) is 5.57. The van der Waals surface area contributed by atoms with E-state index in [-0.39, 0.29) is 4.90 Å². The molecule has 1 aliphatic heterocycles. The van der Waals surface area contributed by atoms with E-state index in [1.54, 1.807) is 45.3 Å². The van der Waals surface area contributed by atoms with Crippen molar-refractivity contribution in [2.45, 2.75) is 57.1 Å². The zero-order valence-corrected chi connectivity index (χ0v) is 22.8. The summed E-state index contributed by atoms with van der Waals surface area (Å²) in [5, 5.41) is 0. The van der Waals surface area contributed by atoms with E-state index in [1.165, 1.54) is 11.6 Å². The van der Waals surface area contributed by atoms with Crippen LogP contribution in [0.25, 0.3) is 22.4 Å². The molecule has 1 saturated heterocycles. The molecule has 2 aromatic heterocycles. The number of sulfonamides is 1. The van der Waals surface area contributed by atoms with Crippen molar-refractivity contribution in [1.82, 2.24) is 19.3 Å². The Morgan fingerprint density at radius 2 is 2.00 bits per heavy atom. The van der Waals surface area contributed by atoms with Crippen LogP contribution in [-0.4, -0.2) is 54.3 Å². The first kappa shape index (κ1) is 24.9. The summed E-state index contributed by atoms with van der Waals surface area (Å²) < 4.78 is 35.3. The maximum Gasteiger partial charge on any atom is 0.420 e. The number of rotatable bonds is 4. The number of ether oxygens (including phenoxy) is 1. The lowest BCUT2D eigenvalue weighted by Crippen LogP contribution is -2.27. The van der Waals surface area contributed by atoms with Crippen molar-refractivity contribution in [3.63, 3.8) is 0 Å². The molecule has 1 fully saturated rings. The van der Waals surface area contributed by atoms with E-state index >= 15 is 0 Å². The predicted molar refractivity (Wildman–Crippen MR) is 140 cm³/mol. The minimum Gasteiger partial charge on any atom is -0.443 e. The highest BCUT2D eigenvalue weighted by atomic mass is 127. The highest BCUT2D eigenvalue weighted by molar-refractivity contribution is 14.1. The molecule has 34 heavy (non-hydrogen) atoms. The number of aromatic nitrogens is 3. The molecule has 9 nitrogen and oxygen atoms in total. The highest BCUT2D eigenvalue weighted by Crippen LogP contribution is 2.33. The van der Waals surface area contributed by atoms with Crippen LogP contribution in [0.1, 0.15) is 40.5 Å². The molecule has 1 atom stereocenters. The molecule has 1 aliphatic rings. The maximum absolute atomic E-state index is 12.7. The van der Waals surface area contributed by atoms with Crippen molar-refractivity contribution in [3.05, 3.63) is 34.2 Å². The van der Waals surface area contributed by atoms with E-state index in [0.29, 0.717) is 28.5 Å². The van der Waals surface area contributed by atoms with Crippen LogP contribution >= 0.6 is 22.6 Å². The molecule has 0 spiro atoms. The first-order valence-electron chi connectivity index (χ1n) is 11.0. The van der Waals surface area contributed by atoms with Gasteiger partial charge < -0.3 is 9.64 Å². The Morgan fingerprint density at radius 1 is 1.26 bits per heavy atom. The molecular weight excluding hydrogens is 569 g/mol. The molecule has 0 radical (unpaired) electrons. The first-order valence-corrected chi connectivity index (χ1v) is 13.6. The van der Waals surface area contributed by atoms with Gasteiger partial charge in [-0.25, -0.2) is 32.5 Å². The molecular formula is C23H28IN5O4S. The van der Waals surface area contributed by atoms with Crippen molar-refractivity contribution in [1.29, 1.82) is 0 Å². The number of hydrogen-bond acceptors (Lipinski definition) is 7. The van der Waals surface area contributed by atoms with Crippen LogP contribution in [0.5, 0.6) is 0 Å². The van der Waals surface area contributed by atoms with Crippen LogP contribution in [0.3, 0.4) is 0 Å². The average molecular weight is 597 g/mol. The second-order valence-corrected chi connectivity index (χ2v) is 12.4. The average Bonchev–Trinajstić information content (AvgIpc) is 3.35. The zero-order chi connectivity index (χ0) is 24.8. The minimum absolute atomic E-state index is 0.171. The Balaban J connectivity index is 1.83. The normalized spacial score (nSPS) is 16.9. The Hall–Kier alpha value is -2.25. The molecule has 0 bridgehead atoms. The number of benzene rings is 1. The molecule has 1 unspecified atom stereocenters. The lowest BCUT2D eigenvalue weighted by atomic mass is 10.1. The summed E-state index contributed by atoms with van der Waals surface area (Å²) in [6.45, 7) is 8.41. The number of nitrogens with one attached hydrogen (secondary N) is 1. The van der Waals surface area contributed by atoms with Crippen LogP contribution in [-0.2, 0) is 14.8 Å². The van der Waals surface area contributed by atoms with Gasteiger partial charge in [0.15, 0.2) is 5.65 Å². The number of hydrogen-bond donors (Lipinski definition) is 1. The summed E-state index contributed by atoms with van der Waals surface area (Å²) in [6.07, 6.45) is 4.78. The van der Waals surface area contributed by atoms with Gasteiger partial charge in [0.25, 0.3) is 0 Å². The van der Waals surface area contributed by atoms with Crippen molar-refractivity contribution < 1.29 is 17.9 Å². The van der Waals surface area contributed by atoms with Gasteiger partial charge in [0, 0.05) is 30.0 Å². The smallest absolute Gasteiger partial charge is 0.420 e. The zero-order valence-electron chi connectivity index (χ0n) is 19.8. The van der Waals surface area contributed by atoms with Gasteiger partial charge in [-0.2, -0.15) is 0 Å². The van der Waals surface area contributed by atoms with Crippen LogP contribution in [0.4, 0.5) is 10.5 Å². The predicted octanol–water partition coefficient (Wildman–Crippen LogP) is 4.38. The number of halogens is 1. The SMILES string of the molecule is CNS(=O)(=O)c1cc(-c2cnc3c(n2)c(I)cn3C(=O)OC(C)(C)C)cc(N2CCCC2C)c1. The quantitative estimate of drug-likeness (QED) is 0.445. The molecule has 3 aromatic rings. The van der Waals surface area contributed by atoms with Gasteiger partial charge in [0.2, 0.25) is 10.0 Å². The minimum atomic E-state index is -3.67. The lowest BCUT2D eigenvalue weighted by molar-refractivity contribution is 0.0543. The van der Waals surface area contributed by atoms with E-state index in [9.17, 15) is 13.2 Å². The number of fused-ring (bicyclic) bond motifs is 1. The molecule has 3 heterocycles. The standard InChI is InChI=1S/C23H28IN5O4S/c1-14-7-6-8-28(14)16-9-15(10-17(11-16)34(31,32)25-5)19-12-26-21-20(27-19)18(24)13-29(21)22(30)33-23(2,3)4/h9-14,25H,6-8H2,1-5H3. The van der Waals surface area contributed by atoms with E-state index in [1.807, 2.05) is 6.07 Å². The van der Waals surface area contributed by atoms with Gasteiger partial charge in [0.1, 0.15) is 11.1 Å². The summed E-state index contributed by atoms with van der Waals surface area (Å²) >= 11 is 2.11. The molecule has 1 aromatic carbocycles. The summed E-state index contributed by atoms with van der Waals surface area (Å²) in [5.74, 6) is 0. The van der Waals surface area contributed by atoms with Gasteiger partial charge in [-0.1, -0.05) is 0 Å². The Bertz CT molecular complexity index is 1360. The number of carbonyl (C=O) groups is 1. The van der Waals surface area contributed by atoms with Gasteiger partial charge >= 0.3 is 6.09 Å². The summed E-state index contributed by atoms with van der Waals surface area (Å²) in [5.41, 5.74) is 2.28. The van der Waals surface area contributed by atoms with Crippen LogP contribution < -0.4 is 9.62 Å². The van der Waals surface area contributed by atoms with Crippen LogP contribution in [0.2, 0.25) is 0 Å². The fraction of sp³-hybridized carbons (Fsp3) is 0.435. The van der Waals surface area contributed by atoms with E-state index in [0.717, 1.165) is 28.6 Å². The molecule has 1 N–H and O–H groups in total. The Kier molecular flexibility index (Phi) is 6.64. The van der Waals surface area contributed by atoms with Gasteiger partial charge in [-0.05, 0) is 88.4 Å². The monoisotopic (exact) mass is 597 g/mol. The highest BCUT2D eigenvalue weighted by Gasteiger charge is 2.25. The third-order valence-electron chi connectivity index (χ3n) is 5.69. The van der Waals surface area contributed by atoms with Crippen molar-refractivity contribution in [2.75, 3.05) is 18.5 Å². The van der Waals surface area contributed by atoms with Gasteiger partial charge in [0.05, 0.1) is 20.4 Å². The molecule has 0 saturated carbocycles. The second kappa shape index (κ2) is 9.08. The Morgan fingerprint density at radius 3 is 2.62 bits per heavy atom. The largest absolute Gasteiger partial charge is 0.443 e. The van der Waals surface area contributed by atoms with Crippen molar-refractivity contribution in [2.24, 2.45) is 0 Å². The number of carbonyl (C=O) groups excluding carboxylic acids is 1. The molecule has 0 amide bonds. The van der Waals surface area contributed by atoms with Gasteiger partial charge in [-0.15, -0.1) is 0 Å². The summed E-state index contributed by atoms with van der Waals surface area (Å²) in [7, 11) is -2.27.